The Hall–Kier alpha value is -3.02. The molecule has 2 atom stereocenters. The van der Waals surface area contributed by atoms with E-state index in [-0.39, 0.29) is 37.0 Å². The van der Waals surface area contributed by atoms with Gasteiger partial charge in [-0.2, -0.15) is 0 Å². The predicted molar refractivity (Wildman–Crippen MR) is 100 cm³/mol. The van der Waals surface area contributed by atoms with E-state index in [4.69, 9.17) is 9.47 Å². The van der Waals surface area contributed by atoms with E-state index in [0.29, 0.717) is 18.0 Å². The van der Waals surface area contributed by atoms with E-state index < -0.39 is 0 Å². The number of amides is 2. The first kappa shape index (κ1) is 16.2. The van der Waals surface area contributed by atoms with Crippen LogP contribution in [0.3, 0.4) is 0 Å². The fraction of sp³-hybridized carbons (Fsp3) is 0.333. The van der Waals surface area contributed by atoms with Crippen molar-refractivity contribution >= 4 is 23.2 Å². The molecule has 0 N–H and O–H groups in total. The Bertz CT molecular complexity index is 942. The maximum absolute atomic E-state index is 13.2. The van der Waals surface area contributed by atoms with Gasteiger partial charge in [-0.05, 0) is 37.1 Å². The maximum atomic E-state index is 13.2. The number of rotatable bonds is 2. The lowest BCUT2D eigenvalue weighted by Gasteiger charge is -2.26. The largest absolute Gasteiger partial charge is 0.454 e. The number of carbonyl (C=O) groups excluding carboxylic acids is 2. The van der Waals surface area contributed by atoms with Crippen molar-refractivity contribution < 1.29 is 19.1 Å². The third-order valence-electron chi connectivity index (χ3n) is 5.59. The summed E-state index contributed by atoms with van der Waals surface area (Å²) in [7, 11) is 0. The summed E-state index contributed by atoms with van der Waals surface area (Å²) in [5, 5.41) is 0. The molecule has 6 nitrogen and oxygen atoms in total. The highest BCUT2D eigenvalue weighted by Gasteiger charge is 2.41. The molecule has 1 fully saturated rings. The average molecular weight is 364 g/mol. The summed E-state index contributed by atoms with van der Waals surface area (Å²) in [6, 6.07) is 13.6. The van der Waals surface area contributed by atoms with Gasteiger partial charge >= 0.3 is 0 Å². The zero-order valence-electron chi connectivity index (χ0n) is 15.1. The van der Waals surface area contributed by atoms with Gasteiger partial charge in [0, 0.05) is 36.4 Å². The summed E-state index contributed by atoms with van der Waals surface area (Å²) in [4.78, 5) is 29.4. The number of ether oxygens (including phenoxy) is 2. The quantitative estimate of drug-likeness (QED) is 0.822. The van der Waals surface area contributed by atoms with Crippen molar-refractivity contribution in [2.24, 2.45) is 5.92 Å². The van der Waals surface area contributed by atoms with Gasteiger partial charge in [0.25, 0.3) is 0 Å². The van der Waals surface area contributed by atoms with Gasteiger partial charge in [0.05, 0.1) is 5.92 Å². The van der Waals surface area contributed by atoms with Gasteiger partial charge in [-0.3, -0.25) is 9.59 Å². The Morgan fingerprint density at radius 2 is 1.89 bits per heavy atom. The van der Waals surface area contributed by atoms with Crippen LogP contribution in [-0.4, -0.2) is 31.2 Å². The Labute approximate surface area is 157 Å². The van der Waals surface area contributed by atoms with E-state index in [1.807, 2.05) is 29.2 Å². The number of hydrogen-bond donors (Lipinski definition) is 0. The van der Waals surface area contributed by atoms with Crippen LogP contribution in [0.5, 0.6) is 11.5 Å². The molecule has 6 heteroatoms. The Morgan fingerprint density at radius 1 is 1.07 bits per heavy atom. The molecule has 2 amide bonds. The topological polar surface area (TPSA) is 59.1 Å². The van der Waals surface area contributed by atoms with E-state index in [1.54, 1.807) is 17.0 Å². The van der Waals surface area contributed by atoms with Crippen LogP contribution >= 0.6 is 0 Å². The van der Waals surface area contributed by atoms with Gasteiger partial charge < -0.3 is 19.3 Å². The molecule has 0 bridgehead atoms. The van der Waals surface area contributed by atoms with Crippen molar-refractivity contribution in [1.82, 2.24) is 0 Å². The standard InChI is InChI=1S/C21H20N2O4/c1-13-8-14-4-2-3-5-17(14)23(13)21(25)15-9-20(24)22(11-15)16-6-7-18-19(10-16)27-12-26-18/h2-7,10,13,15H,8-9,11-12H2,1H3/t13-,15-/m0/s1. The predicted octanol–water partition coefficient (Wildman–Crippen LogP) is 2.75. The van der Waals surface area contributed by atoms with Gasteiger partial charge in [0.15, 0.2) is 11.5 Å². The van der Waals surface area contributed by atoms with E-state index in [9.17, 15) is 9.59 Å². The molecule has 0 aromatic heterocycles. The molecule has 27 heavy (non-hydrogen) atoms. The molecule has 1 saturated heterocycles. The monoisotopic (exact) mass is 364 g/mol. The molecule has 5 rings (SSSR count). The lowest BCUT2D eigenvalue weighted by atomic mass is 10.1. The number of nitrogens with zero attached hydrogens (tertiary/aromatic N) is 2. The zero-order valence-corrected chi connectivity index (χ0v) is 15.1. The van der Waals surface area contributed by atoms with Gasteiger partial charge in [0.1, 0.15) is 0 Å². The first-order valence-corrected chi connectivity index (χ1v) is 9.23. The van der Waals surface area contributed by atoms with Crippen LogP contribution in [-0.2, 0) is 16.0 Å². The maximum Gasteiger partial charge on any atom is 0.232 e. The highest BCUT2D eigenvalue weighted by atomic mass is 16.7. The normalized spacial score (nSPS) is 23.1. The molecule has 0 aliphatic carbocycles. The molecule has 3 aliphatic rings. The number of carbonyl (C=O) groups is 2. The fourth-order valence-corrected chi connectivity index (χ4v) is 4.27. The molecule has 3 heterocycles. The van der Waals surface area contributed by atoms with Crippen LogP contribution in [0.2, 0.25) is 0 Å². The van der Waals surface area contributed by atoms with Gasteiger partial charge in [-0.1, -0.05) is 18.2 Å². The number of para-hydroxylation sites is 1. The van der Waals surface area contributed by atoms with Crippen LogP contribution in [0.25, 0.3) is 0 Å². The Balaban J connectivity index is 1.38. The van der Waals surface area contributed by atoms with Crippen molar-refractivity contribution in [2.75, 3.05) is 23.1 Å². The lowest BCUT2D eigenvalue weighted by Crippen LogP contribution is -2.41. The molecule has 2 aromatic rings. The van der Waals surface area contributed by atoms with Crippen LogP contribution in [0.15, 0.2) is 42.5 Å². The van der Waals surface area contributed by atoms with Crippen molar-refractivity contribution in [3.8, 4) is 11.5 Å². The van der Waals surface area contributed by atoms with E-state index >= 15 is 0 Å². The van der Waals surface area contributed by atoms with Crippen molar-refractivity contribution in [3.63, 3.8) is 0 Å². The summed E-state index contributed by atoms with van der Waals surface area (Å²) >= 11 is 0. The molecular formula is C21H20N2O4. The number of anilines is 2. The molecule has 0 saturated carbocycles. The van der Waals surface area contributed by atoms with Crippen LogP contribution < -0.4 is 19.3 Å². The molecule has 0 radical (unpaired) electrons. The van der Waals surface area contributed by atoms with Crippen molar-refractivity contribution in [1.29, 1.82) is 0 Å². The first-order chi connectivity index (χ1) is 13.1. The summed E-state index contributed by atoms with van der Waals surface area (Å²) in [5.74, 6) is 0.977. The Morgan fingerprint density at radius 3 is 2.78 bits per heavy atom. The average Bonchev–Trinajstić information content (AvgIpc) is 3.36. The minimum Gasteiger partial charge on any atom is -0.454 e. The van der Waals surface area contributed by atoms with E-state index in [0.717, 1.165) is 17.8 Å². The molecule has 3 aliphatic heterocycles. The van der Waals surface area contributed by atoms with Gasteiger partial charge in [-0.25, -0.2) is 0 Å². The lowest BCUT2D eigenvalue weighted by molar-refractivity contribution is -0.124. The second-order valence-electron chi connectivity index (χ2n) is 7.33. The summed E-state index contributed by atoms with van der Waals surface area (Å²) in [6.07, 6.45) is 1.09. The van der Waals surface area contributed by atoms with Gasteiger partial charge in [-0.15, -0.1) is 0 Å². The number of hydrogen-bond acceptors (Lipinski definition) is 4. The van der Waals surface area contributed by atoms with Crippen molar-refractivity contribution in [2.45, 2.75) is 25.8 Å². The minimum absolute atomic E-state index is 0.0315. The smallest absolute Gasteiger partial charge is 0.232 e. The van der Waals surface area contributed by atoms with Crippen LogP contribution in [0.4, 0.5) is 11.4 Å². The molecule has 0 unspecified atom stereocenters. The second kappa shape index (κ2) is 6.01. The van der Waals surface area contributed by atoms with Crippen LogP contribution in [0, 0.1) is 5.92 Å². The summed E-state index contributed by atoms with van der Waals surface area (Å²) in [5.41, 5.74) is 2.91. The summed E-state index contributed by atoms with van der Waals surface area (Å²) in [6.45, 7) is 2.65. The SMILES string of the molecule is C[C@H]1Cc2ccccc2N1C(=O)[C@H]1CC(=O)N(c2ccc3c(c2)OCO3)C1. The highest BCUT2D eigenvalue weighted by molar-refractivity contribution is 6.05. The van der Waals surface area contributed by atoms with Crippen molar-refractivity contribution in [3.05, 3.63) is 48.0 Å². The molecule has 0 spiro atoms. The zero-order chi connectivity index (χ0) is 18.5. The molecular weight excluding hydrogens is 344 g/mol. The minimum atomic E-state index is -0.337. The summed E-state index contributed by atoms with van der Waals surface area (Å²) < 4.78 is 10.7. The third-order valence-corrected chi connectivity index (χ3v) is 5.59. The fourth-order valence-electron chi connectivity index (χ4n) is 4.27. The molecule has 138 valence electrons. The van der Waals surface area contributed by atoms with Gasteiger partial charge in [0.2, 0.25) is 18.6 Å². The highest BCUT2D eigenvalue weighted by Crippen LogP contribution is 2.38. The first-order valence-electron chi connectivity index (χ1n) is 9.23. The third kappa shape index (κ3) is 2.55. The second-order valence-corrected chi connectivity index (χ2v) is 7.33. The van der Waals surface area contributed by atoms with E-state index in [2.05, 4.69) is 13.0 Å². The van der Waals surface area contributed by atoms with E-state index in [1.165, 1.54) is 5.56 Å². The number of fused-ring (bicyclic) bond motifs is 2. The van der Waals surface area contributed by atoms with Crippen LogP contribution in [0.1, 0.15) is 18.9 Å². The Kier molecular flexibility index (Phi) is 3.60. The molecule has 2 aromatic carbocycles. The number of benzene rings is 2.